The third-order valence-corrected chi connectivity index (χ3v) is 2.79. The average Bonchev–Trinajstić information content (AvgIpc) is 2.51. The Kier molecular flexibility index (Phi) is 6.05. The summed E-state index contributed by atoms with van der Waals surface area (Å²) in [5, 5.41) is 4.80. The number of carbonyl (C=O) groups is 4. The fourth-order valence-electron chi connectivity index (χ4n) is 1.76. The summed E-state index contributed by atoms with van der Waals surface area (Å²) in [5.41, 5.74) is -0.523. The predicted octanol–water partition coefficient (Wildman–Crippen LogP) is 1.11. The first kappa shape index (κ1) is 19.1. The van der Waals surface area contributed by atoms with Gasteiger partial charge in [-0.15, -0.1) is 0 Å². The van der Waals surface area contributed by atoms with Crippen LogP contribution in [0.1, 0.15) is 41.5 Å². The predicted molar refractivity (Wildman–Crippen MR) is 85.6 cm³/mol. The second-order valence-corrected chi connectivity index (χ2v) is 5.90. The van der Waals surface area contributed by atoms with Gasteiger partial charge in [-0.1, -0.05) is 0 Å². The van der Waals surface area contributed by atoms with Crippen molar-refractivity contribution in [3.63, 3.8) is 0 Å². The van der Waals surface area contributed by atoms with Gasteiger partial charge in [0, 0.05) is 5.54 Å². The molecule has 8 heteroatoms. The third-order valence-electron chi connectivity index (χ3n) is 2.79. The quantitative estimate of drug-likeness (QED) is 0.632. The Morgan fingerprint density at radius 3 is 2.00 bits per heavy atom. The molecule has 2 N–H and O–H groups in total. The molecule has 0 spiro atoms. The van der Waals surface area contributed by atoms with E-state index in [-0.39, 0.29) is 16.8 Å². The average molecular weight is 336 g/mol. The number of rotatable bonds is 3. The number of methoxy groups -OCH3 is 2. The zero-order valence-corrected chi connectivity index (χ0v) is 14.2. The van der Waals surface area contributed by atoms with Crippen LogP contribution in [0.15, 0.2) is 18.2 Å². The topological polar surface area (TPSA) is 111 Å². The fourth-order valence-corrected chi connectivity index (χ4v) is 1.76. The van der Waals surface area contributed by atoms with Gasteiger partial charge >= 0.3 is 23.8 Å². The maximum Gasteiger partial charge on any atom is 0.339 e. The lowest BCUT2D eigenvalue weighted by Crippen LogP contribution is -2.46. The molecule has 0 saturated heterocycles. The summed E-state index contributed by atoms with van der Waals surface area (Å²) in [5.74, 6) is -3.22. The highest BCUT2D eigenvalue weighted by Gasteiger charge is 2.23. The van der Waals surface area contributed by atoms with Crippen LogP contribution in [0.3, 0.4) is 0 Å². The van der Waals surface area contributed by atoms with E-state index in [0.29, 0.717) is 0 Å². The monoisotopic (exact) mass is 336 g/mol. The molecule has 0 atom stereocenters. The molecule has 1 aromatic rings. The Hall–Kier alpha value is -2.90. The van der Waals surface area contributed by atoms with Crippen LogP contribution in [0.25, 0.3) is 0 Å². The van der Waals surface area contributed by atoms with Crippen LogP contribution in [0.5, 0.6) is 0 Å². The highest BCUT2D eigenvalue weighted by molar-refractivity contribution is 6.40. The van der Waals surface area contributed by atoms with E-state index in [4.69, 9.17) is 0 Å². The lowest BCUT2D eigenvalue weighted by molar-refractivity contribution is -0.137. The molecule has 0 heterocycles. The molecule has 0 aliphatic heterocycles. The first-order chi connectivity index (χ1) is 11.1. The molecule has 0 aliphatic carbocycles. The van der Waals surface area contributed by atoms with E-state index in [0.717, 1.165) is 0 Å². The molecule has 0 aromatic heterocycles. The molecule has 0 unspecified atom stereocenters. The van der Waals surface area contributed by atoms with Gasteiger partial charge in [0.1, 0.15) is 0 Å². The van der Waals surface area contributed by atoms with Crippen molar-refractivity contribution in [3.8, 4) is 0 Å². The lowest BCUT2D eigenvalue weighted by Gasteiger charge is -2.20. The van der Waals surface area contributed by atoms with Gasteiger partial charge in [0.25, 0.3) is 0 Å². The highest BCUT2D eigenvalue weighted by atomic mass is 16.5. The molecule has 0 radical (unpaired) electrons. The van der Waals surface area contributed by atoms with Gasteiger partial charge in [-0.2, -0.15) is 0 Å². The number of hydrogen-bond acceptors (Lipinski definition) is 6. The zero-order chi connectivity index (χ0) is 18.5. The van der Waals surface area contributed by atoms with Crippen LogP contribution < -0.4 is 10.6 Å². The summed E-state index contributed by atoms with van der Waals surface area (Å²) in [4.78, 5) is 47.2. The molecular formula is C16H20N2O6. The number of benzene rings is 1. The van der Waals surface area contributed by atoms with Crippen molar-refractivity contribution in [2.75, 3.05) is 19.5 Å². The summed E-state index contributed by atoms with van der Waals surface area (Å²) < 4.78 is 9.21. The Bertz CT molecular complexity index is 676. The van der Waals surface area contributed by atoms with Gasteiger partial charge in [-0.05, 0) is 39.0 Å². The van der Waals surface area contributed by atoms with Crippen LogP contribution in [0.2, 0.25) is 0 Å². The van der Waals surface area contributed by atoms with Crippen molar-refractivity contribution < 1.29 is 28.7 Å². The fraction of sp³-hybridized carbons (Fsp3) is 0.375. The Morgan fingerprint density at radius 2 is 1.50 bits per heavy atom. The zero-order valence-electron chi connectivity index (χ0n) is 14.2. The summed E-state index contributed by atoms with van der Waals surface area (Å²) in [6.07, 6.45) is 0. The summed E-state index contributed by atoms with van der Waals surface area (Å²) in [6.45, 7) is 5.15. The first-order valence-corrected chi connectivity index (χ1v) is 7.03. The number of amides is 2. The van der Waals surface area contributed by atoms with Crippen LogP contribution in [0, 0.1) is 0 Å². The van der Waals surface area contributed by atoms with Crippen molar-refractivity contribution in [2.45, 2.75) is 26.3 Å². The molecule has 1 rings (SSSR count). The van der Waals surface area contributed by atoms with Crippen molar-refractivity contribution in [2.24, 2.45) is 0 Å². The van der Waals surface area contributed by atoms with Gasteiger partial charge in [-0.25, -0.2) is 9.59 Å². The summed E-state index contributed by atoms with van der Waals surface area (Å²) >= 11 is 0. The minimum Gasteiger partial charge on any atom is -0.465 e. The Balaban J connectivity index is 3.14. The first-order valence-electron chi connectivity index (χ1n) is 7.03. The van der Waals surface area contributed by atoms with Crippen molar-refractivity contribution in [1.29, 1.82) is 0 Å². The normalized spacial score (nSPS) is 10.5. The van der Waals surface area contributed by atoms with Gasteiger partial charge in [0.15, 0.2) is 0 Å². The van der Waals surface area contributed by atoms with E-state index >= 15 is 0 Å². The molecule has 130 valence electrons. The molecule has 8 nitrogen and oxygen atoms in total. The SMILES string of the molecule is COC(=O)c1ccc(C(=O)OC)c(NC(=O)C(=O)NC(C)(C)C)c1. The second kappa shape index (κ2) is 7.58. The molecule has 0 bridgehead atoms. The van der Waals surface area contributed by atoms with Crippen LogP contribution in [-0.4, -0.2) is 43.5 Å². The molecule has 0 aliphatic rings. The lowest BCUT2D eigenvalue weighted by atomic mass is 10.1. The number of esters is 2. The maximum atomic E-state index is 12.0. The van der Waals surface area contributed by atoms with E-state index in [1.165, 1.54) is 32.4 Å². The van der Waals surface area contributed by atoms with Crippen LogP contribution in [-0.2, 0) is 19.1 Å². The number of ether oxygens (including phenoxy) is 2. The van der Waals surface area contributed by atoms with E-state index in [1.54, 1.807) is 20.8 Å². The minimum atomic E-state index is -0.975. The Morgan fingerprint density at radius 1 is 0.917 bits per heavy atom. The summed E-state index contributed by atoms with van der Waals surface area (Å²) in [6, 6.07) is 3.89. The van der Waals surface area contributed by atoms with E-state index in [2.05, 4.69) is 20.1 Å². The summed E-state index contributed by atoms with van der Waals surface area (Å²) in [7, 11) is 2.38. The smallest absolute Gasteiger partial charge is 0.339 e. The van der Waals surface area contributed by atoms with Crippen molar-refractivity contribution >= 4 is 29.4 Å². The molecular weight excluding hydrogens is 316 g/mol. The third kappa shape index (κ3) is 5.08. The molecule has 1 aromatic carbocycles. The highest BCUT2D eigenvalue weighted by Crippen LogP contribution is 2.20. The van der Waals surface area contributed by atoms with Gasteiger partial charge in [-0.3, -0.25) is 9.59 Å². The molecule has 2 amide bonds. The van der Waals surface area contributed by atoms with E-state index < -0.39 is 29.3 Å². The standard InChI is InChI=1S/C16H20N2O6/c1-16(2,3)18-13(20)12(19)17-11-8-9(14(21)23-4)6-7-10(11)15(22)24-5/h6-8H,1-5H3,(H,17,19)(H,18,20). The maximum absolute atomic E-state index is 12.0. The number of hydrogen-bond donors (Lipinski definition) is 2. The number of nitrogens with one attached hydrogen (secondary N) is 2. The largest absolute Gasteiger partial charge is 0.465 e. The minimum absolute atomic E-state index is 0.00191. The molecule has 0 saturated carbocycles. The molecule has 24 heavy (non-hydrogen) atoms. The van der Waals surface area contributed by atoms with Crippen LogP contribution >= 0.6 is 0 Å². The van der Waals surface area contributed by atoms with Crippen LogP contribution in [0.4, 0.5) is 5.69 Å². The van der Waals surface area contributed by atoms with E-state index in [9.17, 15) is 19.2 Å². The van der Waals surface area contributed by atoms with Gasteiger partial charge in [0.05, 0.1) is 31.0 Å². The number of carbonyl (C=O) groups excluding carboxylic acids is 4. The Labute approximate surface area is 139 Å². The number of anilines is 1. The molecule has 0 fully saturated rings. The van der Waals surface area contributed by atoms with Gasteiger partial charge < -0.3 is 20.1 Å². The van der Waals surface area contributed by atoms with Crippen molar-refractivity contribution in [3.05, 3.63) is 29.3 Å². The van der Waals surface area contributed by atoms with E-state index in [1.807, 2.05) is 0 Å². The second-order valence-electron chi connectivity index (χ2n) is 5.90. The van der Waals surface area contributed by atoms with Crippen molar-refractivity contribution in [1.82, 2.24) is 5.32 Å². The van der Waals surface area contributed by atoms with Gasteiger partial charge in [0.2, 0.25) is 0 Å².